The van der Waals surface area contributed by atoms with Gasteiger partial charge >= 0.3 is 0 Å². The van der Waals surface area contributed by atoms with E-state index >= 15 is 0 Å². The van der Waals surface area contributed by atoms with Crippen molar-refractivity contribution < 1.29 is 13.2 Å². The fourth-order valence-electron chi connectivity index (χ4n) is 2.49. The van der Waals surface area contributed by atoms with Crippen molar-refractivity contribution in [1.82, 2.24) is 9.62 Å². The topological polar surface area (TPSA) is 78.5 Å². The number of anilines is 1. The Kier molecular flexibility index (Phi) is 7.00. The number of amides is 1. The highest BCUT2D eigenvalue weighted by atomic mass is 35.5. The third-order valence-corrected chi connectivity index (χ3v) is 6.21. The number of sulfonamides is 1. The van der Waals surface area contributed by atoms with Gasteiger partial charge in [0.15, 0.2) is 0 Å². The van der Waals surface area contributed by atoms with Gasteiger partial charge in [0.1, 0.15) is 0 Å². The van der Waals surface area contributed by atoms with E-state index in [0.717, 1.165) is 9.87 Å². The smallest absolute Gasteiger partial charge is 0.242 e. The number of nitrogens with zero attached hydrogens (tertiary/aromatic N) is 1. The number of hydrogen-bond acceptors (Lipinski definition) is 4. The summed E-state index contributed by atoms with van der Waals surface area (Å²) in [4.78, 5) is 12.6. The summed E-state index contributed by atoms with van der Waals surface area (Å²) in [6.45, 7) is 3.71. The van der Waals surface area contributed by atoms with Crippen molar-refractivity contribution in [2.24, 2.45) is 0 Å². The largest absolute Gasteiger partial charge is 0.325 e. The summed E-state index contributed by atoms with van der Waals surface area (Å²) in [7, 11) is -0.632. The monoisotopic (exact) mass is 409 g/mol. The first kappa shape index (κ1) is 21.4. The molecule has 2 aromatic rings. The Morgan fingerprint density at radius 1 is 1.07 bits per heavy atom. The Morgan fingerprint density at radius 3 is 2.30 bits per heavy atom. The molecule has 0 aliphatic carbocycles. The molecule has 0 bridgehead atoms. The van der Waals surface area contributed by atoms with Gasteiger partial charge in [0.05, 0.1) is 10.9 Å². The molecule has 0 aliphatic heterocycles. The van der Waals surface area contributed by atoms with Crippen molar-refractivity contribution in [2.75, 3.05) is 19.4 Å². The summed E-state index contributed by atoms with van der Waals surface area (Å²) < 4.78 is 25.6. The number of halogens is 1. The molecule has 0 heterocycles. The standard InChI is InChI=1S/C19H24ClN3O3S/c1-13(15-8-10-16(20)11-9-15)21-14(2)19(24)22-17-6-5-7-18(12-17)27(25,26)23(3)4/h5-14,21H,1-4H3,(H,22,24)/t13-,14+/m1/s1. The molecule has 6 nitrogen and oxygen atoms in total. The van der Waals surface area contributed by atoms with Crippen LogP contribution in [0.1, 0.15) is 25.5 Å². The Morgan fingerprint density at radius 2 is 1.70 bits per heavy atom. The Balaban J connectivity index is 2.05. The van der Waals surface area contributed by atoms with Gasteiger partial charge in [0, 0.05) is 30.8 Å². The molecule has 0 aliphatic rings. The minimum absolute atomic E-state index is 0.0523. The first-order valence-corrected chi connectivity index (χ1v) is 10.3. The van der Waals surface area contributed by atoms with Gasteiger partial charge in [-0.3, -0.25) is 10.1 Å². The zero-order valence-corrected chi connectivity index (χ0v) is 17.3. The van der Waals surface area contributed by atoms with Crippen molar-refractivity contribution in [2.45, 2.75) is 30.8 Å². The maximum absolute atomic E-state index is 12.5. The van der Waals surface area contributed by atoms with E-state index < -0.39 is 16.1 Å². The van der Waals surface area contributed by atoms with Gasteiger partial charge in [-0.05, 0) is 49.7 Å². The van der Waals surface area contributed by atoms with Crippen LogP contribution >= 0.6 is 11.6 Å². The van der Waals surface area contributed by atoms with Crippen molar-refractivity contribution in [1.29, 1.82) is 0 Å². The second kappa shape index (κ2) is 8.84. The van der Waals surface area contributed by atoms with E-state index in [1.807, 2.05) is 19.1 Å². The molecule has 1 amide bonds. The predicted octanol–water partition coefficient (Wildman–Crippen LogP) is 3.27. The van der Waals surface area contributed by atoms with Crippen LogP contribution in [-0.4, -0.2) is 38.8 Å². The maximum atomic E-state index is 12.5. The van der Waals surface area contributed by atoms with Gasteiger partial charge in [-0.25, -0.2) is 12.7 Å². The van der Waals surface area contributed by atoms with Crippen LogP contribution in [0.3, 0.4) is 0 Å². The molecule has 0 fully saturated rings. The van der Waals surface area contributed by atoms with Crippen LogP contribution in [0.4, 0.5) is 5.69 Å². The van der Waals surface area contributed by atoms with Gasteiger partial charge in [0.2, 0.25) is 15.9 Å². The van der Waals surface area contributed by atoms with Gasteiger partial charge < -0.3 is 5.32 Å². The minimum atomic E-state index is -3.56. The first-order valence-electron chi connectivity index (χ1n) is 8.46. The second-order valence-electron chi connectivity index (χ2n) is 6.47. The lowest BCUT2D eigenvalue weighted by molar-refractivity contribution is -0.117. The summed E-state index contributed by atoms with van der Waals surface area (Å²) in [5.74, 6) is -0.254. The summed E-state index contributed by atoms with van der Waals surface area (Å²) in [6.07, 6.45) is 0. The maximum Gasteiger partial charge on any atom is 0.242 e. The van der Waals surface area contributed by atoms with Crippen LogP contribution < -0.4 is 10.6 Å². The van der Waals surface area contributed by atoms with Gasteiger partial charge in [0.25, 0.3) is 0 Å². The number of rotatable bonds is 7. The molecule has 0 aromatic heterocycles. The van der Waals surface area contributed by atoms with E-state index in [1.54, 1.807) is 31.2 Å². The quantitative estimate of drug-likeness (QED) is 0.735. The molecule has 27 heavy (non-hydrogen) atoms. The molecule has 0 unspecified atom stereocenters. The fourth-order valence-corrected chi connectivity index (χ4v) is 3.57. The highest BCUT2D eigenvalue weighted by Gasteiger charge is 2.19. The molecule has 0 saturated heterocycles. The van der Waals surface area contributed by atoms with Crippen LogP contribution in [0.2, 0.25) is 5.02 Å². The Hall–Kier alpha value is -1.93. The Labute approximate surface area is 165 Å². The number of carbonyl (C=O) groups is 1. The number of hydrogen-bond donors (Lipinski definition) is 2. The molecule has 2 rings (SSSR count). The van der Waals surface area contributed by atoms with Gasteiger partial charge in [-0.2, -0.15) is 0 Å². The predicted molar refractivity (Wildman–Crippen MR) is 108 cm³/mol. The SMILES string of the molecule is C[C@H](N[C@H](C)c1ccc(Cl)cc1)C(=O)Nc1cccc(S(=O)(=O)N(C)C)c1. The van der Waals surface area contributed by atoms with Crippen molar-refractivity contribution in [3.05, 3.63) is 59.1 Å². The fraction of sp³-hybridized carbons (Fsp3) is 0.316. The number of benzene rings is 2. The average Bonchev–Trinajstić information content (AvgIpc) is 2.62. The molecular formula is C19H24ClN3O3S. The molecule has 0 radical (unpaired) electrons. The lowest BCUT2D eigenvalue weighted by Crippen LogP contribution is -2.39. The van der Waals surface area contributed by atoms with E-state index in [4.69, 9.17) is 11.6 Å². The molecule has 146 valence electrons. The highest BCUT2D eigenvalue weighted by molar-refractivity contribution is 7.89. The zero-order chi connectivity index (χ0) is 20.2. The number of nitrogens with one attached hydrogen (secondary N) is 2. The number of carbonyl (C=O) groups excluding carboxylic acids is 1. The normalized spacial score (nSPS) is 14.0. The third-order valence-electron chi connectivity index (χ3n) is 4.14. The lowest BCUT2D eigenvalue weighted by Gasteiger charge is -2.20. The van der Waals surface area contributed by atoms with Crippen molar-refractivity contribution in [3.63, 3.8) is 0 Å². The van der Waals surface area contributed by atoms with E-state index in [2.05, 4.69) is 10.6 Å². The lowest BCUT2D eigenvalue weighted by atomic mass is 10.1. The second-order valence-corrected chi connectivity index (χ2v) is 9.05. The first-order chi connectivity index (χ1) is 12.6. The van der Waals surface area contributed by atoms with Crippen LogP contribution in [0.25, 0.3) is 0 Å². The van der Waals surface area contributed by atoms with Crippen LogP contribution in [0.15, 0.2) is 53.4 Å². The molecule has 0 spiro atoms. The van der Waals surface area contributed by atoms with E-state index in [-0.39, 0.29) is 16.8 Å². The zero-order valence-electron chi connectivity index (χ0n) is 15.7. The van der Waals surface area contributed by atoms with Crippen LogP contribution in [0, 0.1) is 0 Å². The van der Waals surface area contributed by atoms with E-state index in [0.29, 0.717) is 10.7 Å². The third kappa shape index (κ3) is 5.52. The summed E-state index contributed by atoms with van der Waals surface area (Å²) in [5.41, 5.74) is 1.44. The summed E-state index contributed by atoms with van der Waals surface area (Å²) >= 11 is 5.90. The van der Waals surface area contributed by atoms with Crippen LogP contribution in [-0.2, 0) is 14.8 Å². The summed E-state index contributed by atoms with van der Waals surface area (Å²) in [6, 6.07) is 13.1. The molecule has 2 atom stereocenters. The molecule has 2 aromatic carbocycles. The molecule has 0 saturated carbocycles. The Bertz CT molecular complexity index is 899. The van der Waals surface area contributed by atoms with Crippen molar-refractivity contribution >= 4 is 33.2 Å². The van der Waals surface area contributed by atoms with Gasteiger partial charge in [-0.15, -0.1) is 0 Å². The average molecular weight is 410 g/mol. The van der Waals surface area contributed by atoms with E-state index in [1.165, 1.54) is 26.2 Å². The van der Waals surface area contributed by atoms with Crippen LogP contribution in [0.5, 0.6) is 0 Å². The van der Waals surface area contributed by atoms with Gasteiger partial charge in [-0.1, -0.05) is 29.8 Å². The molecule has 8 heteroatoms. The molecule has 2 N–H and O–H groups in total. The summed E-state index contributed by atoms with van der Waals surface area (Å²) in [5, 5.41) is 6.63. The molecular weight excluding hydrogens is 386 g/mol. The highest BCUT2D eigenvalue weighted by Crippen LogP contribution is 2.19. The minimum Gasteiger partial charge on any atom is -0.325 e. The van der Waals surface area contributed by atoms with E-state index in [9.17, 15) is 13.2 Å². The van der Waals surface area contributed by atoms with Crippen molar-refractivity contribution in [3.8, 4) is 0 Å².